The van der Waals surface area contributed by atoms with Crippen LogP contribution in [0.3, 0.4) is 0 Å². The molecule has 0 amide bonds. The summed E-state index contributed by atoms with van der Waals surface area (Å²) in [6, 6.07) is 4.17. The van der Waals surface area contributed by atoms with Gasteiger partial charge in [0, 0.05) is 23.1 Å². The molecule has 0 aliphatic heterocycles. The molecule has 1 nitrogen and oxygen atoms in total. The summed E-state index contributed by atoms with van der Waals surface area (Å²) >= 11 is 3.91. The van der Waals surface area contributed by atoms with E-state index in [1.807, 2.05) is 12.3 Å². The molecule has 2 unspecified atom stereocenters. The Bertz CT molecular complexity index is 386. The van der Waals surface area contributed by atoms with Crippen LogP contribution < -0.4 is 0 Å². The predicted molar refractivity (Wildman–Crippen MR) is 76.5 cm³/mol. The zero-order chi connectivity index (χ0) is 12.5. The molecule has 1 aromatic heterocycles. The third-order valence-corrected chi connectivity index (χ3v) is 5.24. The van der Waals surface area contributed by atoms with Crippen LogP contribution in [0, 0.1) is 18.3 Å². The van der Waals surface area contributed by atoms with E-state index in [1.165, 1.54) is 30.5 Å². The van der Waals surface area contributed by atoms with Gasteiger partial charge in [0.25, 0.3) is 0 Å². The fourth-order valence-electron chi connectivity index (χ4n) is 3.08. The normalized spacial score (nSPS) is 24.8. The summed E-state index contributed by atoms with van der Waals surface area (Å²) < 4.78 is 0. The molecule has 2 atom stereocenters. The molecular weight excluding hydrogens is 274 g/mol. The van der Waals surface area contributed by atoms with Gasteiger partial charge in [-0.3, -0.25) is 4.98 Å². The second-order valence-corrected chi connectivity index (χ2v) is 7.15. The SMILES string of the molecule is Cc1cccnc1CC(Br)C1CCCC1(C)C. The Morgan fingerprint density at radius 3 is 2.88 bits per heavy atom. The van der Waals surface area contributed by atoms with Gasteiger partial charge in [0.15, 0.2) is 0 Å². The van der Waals surface area contributed by atoms with Crippen LogP contribution in [0.15, 0.2) is 18.3 Å². The molecule has 0 spiro atoms. The Balaban J connectivity index is 2.07. The van der Waals surface area contributed by atoms with Crippen molar-refractivity contribution in [2.45, 2.75) is 51.3 Å². The molecule has 1 aromatic rings. The van der Waals surface area contributed by atoms with Gasteiger partial charge in [0.1, 0.15) is 0 Å². The van der Waals surface area contributed by atoms with Gasteiger partial charge in [-0.15, -0.1) is 0 Å². The molecule has 17 heavy (non-hydrogen) atoms. The monoisotopic (exact) mass is 295 g/mol. The highest BCUT2D eigenvalue weighted by atomic mass is 79.9. The quantitative estimate of drug-likeness (QED) is 0.747. The third kappa shape index (κ3) is 2.90. The van der Waals surface area contributed by atoms with Crippen molar-refractivity contribution >= 4 is 15.9 Å². The van der Waals surface area contributed by atoms with E-state index in [1.54, 1.807) is 0 Å². The van der Waals surface area contributed by atoms with Gasteiger partial charge in [-0.25, -0.2) is 0 Å². The standard InChI is InChI=1S/C15H22BrN/c1-11-6-5-9-17-14(11)10-13(16)12-7-4-8-15(12,2)3/h5-6,9,12-13H,4,7-8,10H2,1-3H3. The molecule has 0 bridgehead atoms. The summed E-state index contributed by atoms with van der Waals surface area (Å²) in [6.07, 6.45) is 7.05. The summed E-state index contributed by atoms with van der Waals surface area (Å²) in [6.45, 7) is 6.97. The fourth-order valence-corrected chi connectivity index (χ4v) is 4.37. The van der Waals surface area contributed by atoms with E-state index in [-0.39, 0.29) is 0 Å². The Kier molecular flexibility index (Phi) is 3.92. The molecule has 1 heterocycles. The van der Waals surface area contributed by atoms with Crippen molar-refractivity contribution in [3.05, 3.63) is 29.6 Å². The van der Waals surface area contributed by atoms with Crippen LogP contribution in [-0.4, -0.2) is 9.81 Å². The average Bonchev–Trinajstić information content (AvgIpc) is 2.61. The van der Waals surface area contributed by atoms with Gasteiger partial charge in [-0.1, -0.05) is 42.3 Å². The van der Waals surface area contributed by atoms with Crippen molar-refractivity contribution in [1.82, 2.24) is 4.98 Å². The number of alkyl halides is 1. The van der Waals surface area contributed by atoms with Crippen molar-refractivity contribution in [3.63, 3.8) is 0 Å². The second-order valence-electron chi connectivity index (χ2n) is 5.97. The lowest BCUT2D eigenvalue weighted by atomic mass is 9.79. The first-order valence-electron chi connectivity index (χ1n) is 6.55. The van der Waals surface area contributed by atoms with Crippen LogP contribution in [0.25, 0.3) is 0 Å². The Morgan fingerprint density at radius 1 is 1.53 bits per heavy atom. The molecule has 2 heteroatoms. The number of halogens is 1. The highest BCUT2D eigenvalue weighted by Crippen LogP contribution is 2.46. The molecule has 1 saturated carbocycles. The molecular formula is C15H22BrN. The molecule has 94 valence electrons. The summed E-state index contributed by atoms with van der Waals surface area (Å²) in [5.41, 5.74) is 3.04. The fraction of sp³-hybridized carbons (Fsp3) is 0.667. The maximum Gasteiger partial charge on any atom is 0.0443 e. The summed E-state index contributed by atoms with van der Waals surface area (Å²) in [5, 5.41) is 0. The minimum absolute atomic E-state index is 0.483. The summed E-state index contributed by atoms with van der Waals surface area (Å²) in [5.74, 6) is 0.781. The molecule has 0 radical (unpaired) electrons. The smallest absolute Gasteiger partial charge is 0.0443 e. The number of hydrogen-bond donors (Lipinski definition) is 0. The van der Waals surface area contributed by atoms with Crippen LogP contribution in [0.4, 0.5) is 0 Å². The average molecular weight is 296 g/mol. The maximum absolute atomic E-state index is 4.51. The highest BCUT2D eigenvalue weighted by Gasteiger charge is 2.38. The lowest BCUT2D eigenvalue weighted by Crippen LogP contribution is -2.27. The van der Waals surface area contributed by atoms with Crippen molar-refractivity contribution in [2.75, 3.05) is 0 Å². The number of aryl methyl sites for hydroxylation is 1. The Morgan fingerprint density at radius 2 is 2.29 bits per heavy atom. The molecule has 1 aliphatic rings. The minimum atomic E-state index is 0.483. The first-order chi connectivity index (χ1) is 8.00. The molecule has 1 aliphatic carbocycles. The Hall–Kier alpha value is -0.370. The van der Waals surface area contributed by atoms with Crippen molar-refractivity contribution in [3.8, 4) is 0 Å². The van der Waals surface area contributed by atoms with E-state index in [4.69, 9.17) is 0 Å². The van der Waals surface area contributed by atoms with Crippen molar-refractivity contribution in [1.29, 1.82) is 0 Å². The largest absolute Gasteiger partial charge is 0.261 e. The zero-order valence-electron chi connectivity index (χ0n) is 11.0. The van der Waals surface area contributed by atoms with Crippen LogP contribution in [-0.2, 0) is 6.42 Å². The van der Waals surface area contributed by atoms with E-state index >= 15 is 0 Å². The van der Waals surface area contributed by atoms with E-state index < -0.39 is 0 Å². The van der Waals surface area contributed by atoms with Crippen LogP contribution in [0.2, 0.25) is 0 Å². The molecule has 2 rings (SSSR count). The summed E-state index contributed by atoms with van der Waals surface area (Å²) in [7, 11) is 0. The number of rotatable bonds is 3. The highest BCUT2D eigenvalue weighted by molar-refractivity contribution is 9.09. The summed E-state index contributed by atoms with van der Waals surface area (Å²) in [4.78, 5) is 5.07. The third-order valence-electron chi connectivity index (χ3n) is 4.28. The lowest BCUT2D eigenvalue weighted by Gasteiger charge is -2.31. The Labute approximate surface area is 113 Å². The van der Waals surface area contributed by atoms with Crippen molar-refractivity contribution in [2.24, 2.45) is 11.3 Å². The number of pyridine rings is 1. The van der Waals surface area contributed by atoms with Gasteiger partial charge < -0.3 is 0 Å². The topological polar surface area (TPSA) is 12.9 Å². The minimum Gasteiger partial charge on any atom is -0.261 e. The van der Waals surface area contributed by atoms with Gasteiger partial charge in [-0.05, 0) is 42.7 Å². The molecule has 0 saturated heterocycles. The van der Waals surface area contributed by atoms with Crippen LogP contribution >= 0.6 is 15.9 Å². The van der Waals surface area contributed by atoms with Crippen molar-refractivity contribution < 1.29 is 0 Å². The van der Waals surface area contributed by atoms with E-state index in [0.29, 0.717) is 10.2 Å². The van der Waals surface area contributed by atoms with E-state index in [9.17, 15) is 0 Å². The molecule has 0 aromatic carbocycles. The van der Waals surface area contributed by atoms with Gasteiger partial charge in [0.2, 0.25) is 0 Å². The second kappa shape index (κ2) is 5.09. The van der Waals surface area contributed by atoms with Crippen LogP contribution in [0.5, 0.6) is 0 Å². The van der Waals surface area contributed by atoms with E-state index in [2.05, 4.69) is 47.8 Å². The zero-order valence-corrected chi connectivity index (χ0v) is 12.6. The van der Waals surface area contributed by atoms with E-state index in [0.717, 1.165) is 12.3 Å². The predicted octanol–water partition coefficient (Wildman–Crippen LogP) is 4.52. The first-order valence-corrected chi connectivity index (χ1v) is 7.47. The number of aromatic nitrogens is 1. The number of hydrogen-bond acceptors (Lipinski definition) is 1. The first kappa shape index (κ1) is 13.1. The number of nitrogens with zero attached hydrogens (tertiary/aromatic N) is 1. The van der Waals surface area contributed by atoms with Gasteiger partial charge in [0.05, 0.1) is 0 Å². The van der Waals surface area contributed by atoms with Gasteiger partial charge >= 0.3 is 0 Å². The molecule has 0 N–H and O–H groups in total. The molecule has 1 fully saturated rings. The van der Waals surface area contributed by atoms with Crippen LogP contribution in [0.1, 0.15) is 44.4 Å². The lowest BCUT2D eigenvalue weighted by molar-refractivity contribution is 0.254. The maximum atomic E-state index is 4.51. The van der Waals surface area contributed by atoms with Gasteiger partial charge in [-0.2, -0.15) is 0 Å².